The Balaban J connectivity index is 1.17. The molecule has 11 bridgehead atoms. The number of ether oxygens (including phenoxy) is 8. The second-order valence-corrected chi connectivity index (χ2v) is 29.0. The molecule has 4 aromatic rings. The minimum atomic E-state index is -2.34. The van der Waals surface area contributed by atoms with Crippen molar-refractivity contribution < 1.29 is 132 Å². The molecule has 0 spiro atoms. The average molecular weight is 1550 g/mol. The second-order valence-electron chi connectivity index (χ2n) is 28.6. The number of phenolic OH excluding ortho intramolecular Hbond substituents is 2. The number of hydrogen-bond acceptors (Lipinski definition) is 28. The van der Waals surface area contributed by atoms with Crippen LogP contribution >= 0.6 is 11.6 Å². The van der Waals surface area contributed by atoms with Gasteiger partial charge in [0.05, 0.1) is 54.6 Å². The molecule has 1 aliphatic carbocycles. The van der Waals surface area contributed by atoms with Gasteiger partial charge in [0.1, 0.15) is 89.8 Å². The Kier molecular flexibility index (Phi) is 24.6. The van der Waals surface area contributed by atoms with E-state index in [-0.39, 0.29) is 47.0 Å². The van der Waals surface area contributed by atoms with Crippen LogP contribution in [0.5, 0.6) is 40.2 Å². The number of aliphatic hydroxyl groups is 8. The molecule has 3 saturated heterocycles. The van der Waals surface area contributed by atoms with Gasteiger partial charge in [0.2, 0.25) is 53.4 Å². The molecule has 24 atom stereocenters. The Morgan fingerprint density at radius 2 is 1.41 bits per heavy atom. The van der Waals surface area contributed by atoms with Gasteiger partial charge in [-0.2, -0.15) is 0 Å². The van der Waals surface area contributed by atoms with Gasteiger partial charge >= 0.3 is 5.97 Å². The van der Waals surface area contributed by atoms with Gasteiger partial charge in [-0.1, -0.05) is 61.9 Å². The zero-order valence-corrected chi connectivity index (χ0v) is 60.2. The molecule has 13 rings (SSSR count). The maximum Gasteiger partial charge on any atom is 0.330 e. The summed E-state index contributed by atoms with van der Waals surface area (Å²) in [6.07, 6.45) is -22.9. The zero-order valence-electron chi connectivity index (χ0n) is 59.5. The van der Waals surface area contributed by atoms with E-state index in [4.69, 9.17) is 61.0 Å². The van der Waals surface area contributed by atoms with Crippen LogP contribution in [0.3, 0.4) is 0 Å². The smallest absolute Gasteiger partial charge is 0.330 e. The first-order valence-electron chi connectivity index (χ1n) is 35.0. The van der Waals surface area contributed by atoms with Crippen LogP contribution < -0.4 is 62.9 Å². The number of carboxylic acids is 1. The summed E-state index contributed by atoms with van der Waals surface area (Å²) in [6.45, 7) is 7.03. The number of halogens is 1. The molecular formula is C72H88ClN9O27. The van der Waals surface area contributed by atoms with Crippen molar-refractivity contribution in [3.05, 3.63) is 123 Å². The van der Waals surface area contributed by atoms with E-state index in [1.54, 1.807) is 0 Å². The van der Waals surface area contributed by atoms with E-state index in [0.29, 0.717) is 0 Å². The molecule has 0 saturated carbocycles. The van der Waals surface area contributed by atoms with Crippen LogP contribution in [0.15, 0.2) is 90.5 Å². The first kappa shape index (κ1) is 80.8. The van der Waals surface area contributed by atoms with E-state index >= 15 is 19.2 Å². The molecule has 0 radical (unpaired) electrons. The number of fused-ring (bicyclic) bond motifs is 14. The minimum absolute atomic E-state index is 0.0608. The number of phenols is 2. The normalized spacial score (nSPS) is 33.8. The third kappa shape index (κ3) is 17.5. The number of aliphatic hydroxyl groups excluding tert-OH is 8. The molecule has 3 unspecified atom stereocenters. The van der Waals surface area contributed by atoms with Crippen molar-refractivity contribution in [3.63, 3.8) is 0 Å². The lowest BCUT2D eigenvalue weighted by Crippen LogP contribution is -2.62. The Hall–Kier alpha value is -9.19. The third-order valence-corrected chi connectivity index (χ3v) is 20.3. The molecular weight excluding hydrogens is 1460 g/mol. The van der Waals surface area contributed by atoms with Crippen molar-refractivity contribution in [2.45, 2.75) is 206 Å². The van der Waals surface area contributed by atoms with Crippen molar-refractivity contribution in [1.29, 1.82) is 0 Å². The molecule has 9 aliphatic rings. The van der Waals surface area contributed by atoms with Crippen LogP contribution in [0.4, 0.5) is 0 Å². The summed E-state index contributed by atoms with van der Waals surface area (Å²) in [4.78, 5) is 119. The summed E-state index contributed by atoms with van der Waals surface area (Å²) in [7, 11) is 1.48. The summed E-state index contributed by atoms with van der Waals surface area (Å²) in [6, 6.07) is -1.57. The lowest BCUT2D eigenvalue weighted by Gasteiger charge is -2.44. The Morgan fingerprint density at radius 3 is 2.06 bits per heavy atom. The standard InChI is InChI=1S/C72H88ClN9O27/c1-26(2)15-38(76-6)64(94)81-54-57(90)29-7-11-34(12-8-29)104-44-18-32-19-45(61(44)109-71-62(59(92)58(91)46(25-83)106-71)107-48-23-42(87)56(89)27(3)102-48)105-43-14-10-31(17-37(43)73)60(108-49-24-72(5,75)63(93)28(4)103-49)55-69(99)80-53(70(100)101)36-20-33(84)21-41(86)50(36)35-16-30(9-13-40(35)85)51(66(96)82-55)79-67(97)52(32)78-65(95)39(22-47(74)88)77-68(54)98/h7-14,16-21,26-28,35,38-40,42,46,48-49,51-60,62-63,71,76,83-87,89-93H,15,22-25,75H2,1-6H3,(H2,74,88)(H,77,98)(H,78,95)(H,79,97)(H,80,99)(H,81,94)(H,82,96)(H,100,101)/t27-,28-,35?,38+,39-,40?,42+,46+,48+,49+,51-,52-,53?,54-,55-,56-,57+,58-,59+,60+,62+,63-,71-,72+/m1/s1. The van der Waals surface area contributed by atoms with Crippen molar-refractivity contribution in [2.75, 3.05) is 13.7 Å². The van der Waals surface area contributed by atoms with E-state index in [0.717, 1.165) is 42.5 Å². The van der Waals surface area contributed by atoms with Crippen molar-refractivity contribution in [2.24, 2.45) is 17.4 Å². The molecule has 37 heteroatoms. The number of hydrogen-bond donors (Lipinski definition) is 20. The van der Waals surface area contributed by atoms with Crippen molar-refractivity contribution in [3.8, 4) is 40.2 Å². The number of nitrogens with one attached hydrogen (secondary N) is 7. The Bertz CT molecular complexity index is 4180. The van der Waals surface area contributed by atoms with Crippen LogP contribution in [0.25, 0.3) is 0 Å². The fraction of sp³-hybridized carbons (Fsp3) is 0.500. The van der Waals surface area contributed by atoms with E-state index < -0.39 is 263 Å². The highest BCUT2D eigenvalue weighted by Gasteiger charge is 2.52. The van der Waals surface area contributed by atoms with Gasteiger partial charge in [0.25, 0.3) is 0 Å². The highest BCUT2D eigenvalue weighted by Crippen LogP contribution is 2.49. The van der Waals surface area contributed by atoms with Crippen molar-refractivity contribution in [1.82, 2.24) is 37.2 Å². The fourth-order valence-corrected chi connectivity index (χ4v) is 14.4. The maximum atomic E-state index is 16.3. The number of carbonyl (C=O) groups excluding carboxylic acids is 7. The molecule has 590 valence electrons. The molecule has 3 fully saturated rings. The molecule has 4 aromatic carbocycles. The first-order chi connectivity index (χ1) is 51.5. The van der Waals surface area contributed by atoms with E-state index in [2.05, 4.69) is 37.2 Å². The number of benzene rings is 4. The summed E-state index contributed by atoms with van der Waals surface area (Å²) >= 11 is 7.32. The number of aliphatic carboxylic acids is 1. The Morgan fingerprint density at radius 1 is 0.743 bits per heavy atom. The van der Waals surface area contributed by atoms with Gasteiger partial charge in [-0.05, 0) is 110 Å². The fourth-order valence-electron chi connectivity index (χ4n) is 14.2. The van der Waals surface area contributed by atoms with E-state index in [1.165, 1.54) is 70.3 Å². The third-order valence-electron chi connectivity index (χ3n) is 20.0. The highest BCUT2D eigenvalue weighted by atomic mass is 35.5. The lowest BCUT2D eigenvalue weighted by molar-refractivity contribution is -0.335. The first-order valence-corrected chi connectivity index (χ1v) is 35.4. The van der Waals surface area contributed by atoms with E-state index in [9.17, 15) is 75.3 Å². The van der Waals surface area contributed by atoms with Gasteiger partial charge in [0.15, 0.2) is 36.2 Å². The summed E-state index contributed by atoms with van der Waals surface area (Å²) in [5.74, 6) is -16.3. The highest BCUT2D eigenvalue weighted by molar-refractivity contribution is 6.32. The predicted molar refractivity (Wildman–Crippen MR) is 374 cm³/mol. The molecule has 109 heavy (non-hydrogen) atoms. The predicted octanol–water partition coefficient (Wildman–Crippen LogP) is -1.77. The number of carboxylic acid groups (broad SMARTS) is 1. The molecule has 22 N–H and O–H groups in total. The number of aromatic hydroxyl groups is 2. The number of nitrogens with two attached hydrogens (primary N) is 2. The Labute approximate surface area is 626 Å². The number of carbonyl (C=O) groups is 8. The van der Waals surface area contributed by atoms with Gasteiger partial charge in [-0.3, -0.25) is 33.6 Å². The number of amides is 7. The summed E-state index contributed by atoms with van der Waals surface area (Å²) < 4.78 is 51.2. The SMILES string of the molecule is CN[C@@H](CC(C)C)C(=O)N[C@H]1C(=O)N[C@H](CC(N)=O)C(=O)N[C@H]2C(=O)N[C@H]3C(=O)N[C@@H](C(=O)NC(C(=O)O)c4cc(O)cc(O)c4C4C=C3C=CC4O)[C@@H](O[C@H]3C[C@](C)(N)[C@H](O)[C@@H](C)O3)c3ccc(c(Cl)c3)Oc3cc2cc(c3O[C@H]2O[C@@H](CO)[C@@H](O)[C@H](O)[C@@H]2O[C@H]2C[C@H](O)[C@H](O)[C@@H](C)O2)Oc2ccc(cc2)[C@@H]1O. The average Bonchev–Trinajstić information content (AvgIpc) is 0.765. The van der Waals surface area contributed by atoms with Crippen molar-refractivity contribution >= 4 is 58.9 Å². The molecule has 0 aromatic heterocycles. The molecule has 36 nitrogen and oxygen atoms in total. The van der Waals surface area contributed by atoms with Gasteiger partial charge in [-0.25, -0.2) is 4.79 Å². The summed E-state index contributed by atoms with van der Waals surface area (Å²) in [5, 5.41) is 142. The maximum absolute atomic E-state index is 16.3. The van der Waals surface area contributed by atoms with Crippen LogP contribution in [0, 0.1) is 5.92 Å². The molecule has 8 heterocycles. The van der Waals surface area contributed by atoms with Crippen LogP contribution in [-0.2, 0) is 62.0 Å². The summed E-state index contributed by atoms with van der Waals surface area (Å²) in [5.41, 5.74) is 9.06. The number of primary amides is 1. The van der Waals surface area contributed by atoms with Crippen LogP contribution in [0.2, 0.25) is 5.02 Å². The van der Waals surface area contributed by atoms with E-state index in [1.807, 2.05) is 13.8 Å². The van der Waals surface area contributed by atoms with Crippen LogP contribution in [0.1, 0.15) is 118 Å². The minimum Gasteiger partial charge on any atom is -0.508 e. The van der Waals surface area contributed by atoms with Gasteiger partial charge in [0, 0.05) is 35.9 Å². The number of rotatable bonds is 15. The molecule has 8 aliphatic heterocycles. The van der Waals surface area contributed by atoms with Crippen LogP contribution in [-0.4, -0.2) is 233 Å². The number of likely N-dealkylation sites (N-methyl/N-ethyl adjacent to an activating group) is 1. The zero-order chi connectivity index (χ0) is 79.1. The largest absolute Gasteiger partial charge is 0.508 e. The second kappa shape index (κ2) is 33.2. The quantitative estimate of drug-likeness (QED) is 0.0626. The van der Waals surface area contributed by atoms with Gasteiger partial charge in [-0.15, -0.1) is 0 Å². The monoisotopic (exact) mass is 1550 g/mol. The lowest BCUT2D eigenvalue weighted by atomic mass is 9.80. The topological polar surface area (TPSA) is 569 Å². The van der Waals surface area contributed by atoms with Gasteiger partial charge < -0.3 is 143 Å². The molecule has 7 amide bonds.